The van der Waals surface area contributed by atoms with Crippen molar-refractivity contribution in [2.75, 3.05) is 0 Å². The molecule has 0 saturated heterocycles. The van der Waals surface area contributed by atoms with Crippen LogP contribution in [0.1, 0.15) is 57.6 Å². The molecule has 2 rings (SSSR count). The van der Waals surface area contributed by atoms with Gasteiger partial charge >= 0.3 is 0 Å². The summed E-state index contributed by atoms with van der Waals surface area (Å²) in [6.07, 6.45) is 3.80. The van der Waals surface area contributed by atoms with Crippen LogP contribution in [0.5, 0.6) is 0 Å². The summed E-state index contributed by atoms with van der Waals surface area (Å²) in [6.45, 7) is 4.38. The monoisotopic (exact) mass is 275 g/mol. The summed E-state index contributed by atoms with van der Waals surface area (Å²) < 4.78 is 0. The molecular weight excluding hydrogens is 250 g/mol. The highest BCUT2D eigenvalue weighted by Crippen LogP contribution is 2.31. The van der Waals surface area contributed by atoms with Crippen molar-refractivity contribution in [3.63, 3.8) is 0 Å². The number of benzene rings is 1. The van der Waals surface area contributed by atoms with Crippen LogP contribution in [0.3, 0.4) is 0 Å². The first-order chi connectivity index (χ1) is 9.48. The fourth-order valence-corrected chi connectivity index (χ4v) is 2.88. The van der Waals surface area contributed by atoms with E-state index in [2.05, 4.69) is 19.2 Å². The summed E-state index contributed by atoms with van der Waals surface area (Å²) in [6, 6.07) is 9.35. The zero-order valence-corrected chi connectivity index (χ0v) is 12.4. The van der Waals surface area contributed by atoms with Gasteiger partial charge in [-0.05, 0) is 44.1 Å². The van der Waals surface area contributed by atoms with Crippen LogP contribution in [0.2, 0.25) is 0 Å². The Morgan fingerprint density at radius 3 is 2.55 bits per heavy atom. The molecular formula is C17H25NO2. The third kappa shape index (κ3) is 4.07. The maximum absolute atomic E-state index is 12.1. The standard InChI is InChI=1S/C17H25NO2/c1-13-8-10-17(2,11-9-13)18-16(20)12-15(19)14-6-4-3-5-7-14/h3-7,13,15,19H,8-12H2,1-2H3,(H,18,20). The van der Waals surface area contributed by atoms with Crippen molar-refractivity contribution in [2.45, 2.75) is 57.6 Å². The van der Waals surface area contributed by atoms with Crippen molar-refractivity contribution in [3.8, 4) is 0 Å². The van der Waals surface area contributed by atoms with Gasteiger partial charge in [-0.1, -0.05) is 37.3 Å². The average molecular weight is 275 g/mol. The van der Waals surface area contributed by atoms with Crippen molar-refractivity contribution in [3.05, 3.63) is 35.9 Å². The molecule has 2 N–H and O–H groups in total. The smallest absolute Gasteiger partial charge is 0.223 e. The predicted octanol–water partition coefficient (Wildman–Crippen LogP) is 3.20. The minimum absolute atomic E-state index is 0.0570. The SMILES string of the molecule is CC1CCC(C)(NC(=O)CC(O)c2ccccc2)CC1. The molecule has 1 atom stereocenters. The van der Waals surface area contributed by atoms with Gasteiger partial charge in [0.05, 0.1) is 12.5 Å². The summed E-state index contributed by atoms with van der Waals surface area (Å²) in [5, 5.41) is 13.2. The van der Waals surface area contributed by atoms with Crippen LogP contribution in [0.4, 0.5) is 0 Å². The molecule has 1 aromatic carbocycles. The van der Waals surface area contributed by atoms with Crippen LogP contribution in [0.15, 0.2) is 30.3 Å². The Bertz CT molecular complexity index is 436. The van der Waals surface area contributed by atoms with Gasteiger partial charge in [0, 0.05) is 5.54 Å². The van der Waals surface area contributed by atoms with E-state index in [-0.39, 0.29) is 17.9 Å². The van der Waals surface area contributed by atoms with Crippen molar-refractivity contribution < 1.29 is 9.90 Å². The first kappa shape index (κ1) is 15.0. The lowest BCUT2D eigenvalue weighted by Gasteiger charge is -2.37. The van der Waals surface area contributed by atoms with Gasteiger partial charge in [-0.15, -0.1) is 0 Å². The lowest BCUT2D eigenvalue weighted by molar-refractivity contribution is -0.125. The molecule has 1 aliphatic rings. The fraction of sp³-hybridized carbons (Fsp3) is 0.588. The molecule has 0 spiro atoms. The number of aliphatic hydroxyl groups excluding tert-OH is 1. The Hall–Kier alpha value is -1.35. The Balaban J connectivity index is 1.86. The number of nitrogens with one attached hydrogen (secondary N) is 1. The normalized spacial score (nSPS) is 27.9. The number of hydrogen-bond acceptors (Lipinski definition) is 2. The van der Waals surface area contributed by atoms with E-state index in [0.29, 0.717) is 0 Å². The third-order valence-corrected chi connectivity index (χ3v) is 4.38. The summed E-state index contributed by atoms with van der Waals surface area (Å²) >= 11 is 0. The van der Waals surface area contributed by atoms with Gasteiger partial charge < -0.3 is 10.4 Å². The summed E-state index contributed by atoms with van der Waals surface area (Å²) in [5.74, 6) is 0.702. The average Bonchev–Trinajstić information content (AvgIpc) is 2.43. The number of carbonyl (C=O) groups excluding carboxylic acids is 1. The van der Waals surface area contributed by atoms with E-state index in [9.17, 15) is 9.90 Å². The van der Waals surface area contributed by atoms with E-state index < -0.39 is 6.10 Å². The highest BCUT2D eigenvalue weighted by Gasteiger charge is 2.31. The van der Waals surface area contributed by atoms with E-state index in [1.165, 1.54) is 0 Å². The molecule has 1 unspecified atom stereocenters. The maximum atomic E-state index is 12.1. The third-order valence-electron chi connectivity index (χ3n) is 4.38. The van der Waals surface area contributed by atoms with E-state index in [0.717, 1.165) is 37.2 Å². The minimum atomic E-state index is -0.720. The molecule has 1 amide bonds. The van der Waals surface area contributed by atoms with Crippen LogP contribution < -0.4 is 5.32 Å². The number of rotatable bonds is 4. The highest BCUT2D eigenvalue weighted by atomic mass is 16.3. The molecule has 110 valence electrons. The molecule has 20 heavy (non-hydrogen) atoms. The summed E-state index contributed by atoms with van der Waals surface area (Å²) in [5.41, 5.74) is 0.699. The second kappa shape index (κ2) is 6.40. The second-order valence-corrected chi connectivity index (χ2v) is 6.42. The van der Waals surface area contributed by atoms with Crippen LogP contribution in [-0.4, -0.2) is 16.6 Å². The fourth-order valence-electron chi connectivity index (χ4n) is 2.88. The molecule has 0 bridgehead atoms. The van der Waals surface area contributed by atoms with Crippen molar-refractivity contribution in [1.29, 1.82) is 0 Å². The Morgan fingerprint density at radius 1 is 1.35 bits per heavy atom. The van der Waals surface area contributed by atoms with Gasteiger partial charge in [0.1, 0.15) is 0 Å². The molecule has 0 aromatic heterocycles. The second-order valence-electron chi connectivity index (χ2n) is 6.42. The molecule has 1 aromatic rings. The molecule has 0 radical (unpaired) electrons. The van der Waals surface area contributed by atoms with Crippen molar-refractivity contribution >= 4 is 5.91 Å². The number of hydrogen-bond donors (Lipinski definition) is 2. The van der Waals surface area contributed by atoms with Gasteiger partial charge in [0.2, 0.25) is 5.91 Å². The molecule has 0 aliphatic heterocycles. The zero-order valence-electron chi connectivity index (χ0n) is 12.4. The first-order valence-corrected chi connectivity index (χ1v) is 7.52. The predicted molar refractivity (Wildman–Crippen MR) is 80.2 cm³/mol. The lowest BCUT2D eigenvalue weighted by atomic mass is 9.78. The molecule has 1 aliphatic carbocycles. The van der Waals surface area contributed by atoms with Gasteiger partial charge in [0.15, 0.2) is 0 Å². The van der Waals surface area contributed by atoms with Crippen LogP contribution in [0, 0.1) is 5.92 Å². The Morgan fingerprint density at radius 2 is 1.95 bits per heavy atom. The van der Waals surface area contributed by atoms with Gasteiger partial charge in [-0.25, -0.2) is 0 Å². The quantitative estimate of drug-likeness (QED) is 0.886. The largest absolute Gasteiger partial charge is 0.388 e. The minimum Gasteiger partial charge on any atom is -0.388 e. The first-order valence-electron chi connectivity index (χ1n) is 7.52. The highest BCUT2D eigenvalue weighted by molar-refractivity contribution is 5.77. The number of aliphatic hydroxyl groups is 1. The molecule has 3 nitrogen and oxygen atoms in total. The van der Waals surface area contributed by atoms with E-state index in [1.807, 2.05) is 30.3 Å². The maximum Gasteiger partial charge on any atom is 0.223 e. The number of amides is 1. The topological polar surface area (TPSA) is 49.3 Å². The summed E-state index contributed by atoms with van der Waals surface area (Å²) in [7, 11) is 0. The van der Waals surface area contributed by atoms with Gasteiger partial charge in [0.25, 0.3) is 0 Å². The van der Waals surface area contributed by atoms with E-state index >= 15 is 0 Å². The zero-order chi connectivity index (χ0) is 14.6. The molecule has 3 heteroatoms. The molecule has 0 heterocycles. The van der Waals surface area contributed by atoms with Crippen LogP contribution >= 0.6 is 0 Å². The van der Waals surface area contributed by atoms with Crippen LogP contribution in [-0.2, 0) is 4.79 Å². The van der Waals surface area contributed by atoms with Gasteiger partial charge in [-0.3, -0.25) is 4.79 Å². The van der Waals surface area contributed by atoms with Gasteiger partial charge in [-0.2, -0.15) is 0 Å². The Kier molecular flexibility index (Phi) is 4.81. The molecule has 1 saturated carbocycles. The van der Waals surface area contributed by atoms with Crippen molar-refractivity contribution in [2.24, 2.45) is 5.92 Å². The lowest BCUT2D eigenvalue weighted by Crippen LogP contribution is -2.48. The van der Waals surface area contributed by atoms with E-state index in [4.69, 9.17) is 0 Å². The molecule has 1 fully saturated rings. The van der Waals surface area contributed by atoms with E-state index in [1.54, 1.807) is 0 Å². The van der Waals surface area contributed by atoms with Crippen molar-refractivity contribution in [1.82, 2.24) is 5.32 Å². The number of carbonyl (C=O) groups is 1. The van der Waals surface area contributed by atoms with Crippen LogP contribution in [0.25, 0.3) is 0 Å². The summed E-state index contributed by atoms with van der Waals surface area (Å²) in [4.78, 5) is 12.1. The Labute approximate surface area is 121 Å².